The van der Waals surface area contributed by atoms with Crippen molar-refractivity contribution in [1.82, 2.24) is 14.5 Å². The van der Waals surface area contributed by atoms with Crippen molar-refractivity contribution in [3.63, 3.8) is 0 Å². The van der Waals surface area contributed by atoms with E-state index in [1.165, 1.54) is 11.1 Å². The van der Waals surface area contributed by atoms with Crippen LogP contribution in [0, 0.1) is 6.85 Å². The van der Waals surface area contributed by atoms with E-state index in [2.05, 4.69) is 123 Å². The molecule has 0 aliphatic carbocycles. The van der Waals surface area contributed by atoms with Crippen molar-refractivity contribution in [3.05, 3.63) is 168 Å². The summed E-state index contributed by atoms with van der Waals surface area (Å²) in [5.41, 5.74) is 13.3. The number of phenolic OH excluding ortho intramolecular Hbond substituents is 1. The van der Waals surface area contributed by atoms with E-state index in [9.17, 15) is 5.11 Å². The van der Waals surface area contributed by atoms with Crippen LogP contribution in [-0.4, -0.2) is 19.6 Å². The van der Waals surface area contributed by atoms with Gasteiger partial charge in [-0.15, -0.1) is 0 Å². The summed E-state index contributed by atoms with van der Waals surface area (Å²) in [6.07, 6.45) is 1.86. The zero-order chi connectivity index (χ0) is 44.4. The Kier molecular flexibility index (Phi) is 9.02. The van der Waals surface area contributed by atoms with Crippen LogP contribution < -0.4 is 0 Å². The van der Waals surface area contributed by atoms with Crippen molar-refractivity contribution in [2.45, 2.75) is 85.4 Å². The molecule has 0 saturated carbocycles. The quantitative estimate of drug-likeness (QED) is 0.183. The number of benzene rings is 6. The molecular weight excluding hydrogens is 719 g/mol. The Balaban J connectivity index is 1.37. The number of hydrogen-bond acceptors (Lipinski definition) is 3. The summed E-state index contributed by atoms with van der Waals surface area (Å²) in [6.45, 7) is 17.4. The first kappa shape index (κ1) is 35.9. The zero-order valence-corrected chi connectivity index (χ0v) is 35.6. The molecule has 0 fully saturated rings. The molecule has 2 heterocycles. The second-order valence-electron chi connectivity index (χ2n) is 18.8. The van der Waals surface area contributed by atoms with E-state index in [1.807, 2.05) is 77.5 Å². The molecule has 8 aromatic rings. The van der Waals surface area contributed by atoms with Gasteiger partial charge < -0.3 is 5.11 Å². The van der Waals surface area contributed by atoms with Gasteiger partial charge in [0.25, 0.3) is 0 Å². The van der Waals surface area contributed by atoms with Crippen LogP contribution in [0.25, 0.3) is 72.7 Å². The average Bonchev–Trinajstić information content (AvgIpc) is 3.62. The minimum Gasteiger partial charge on any atom is -0.507 e. The van der Waals surface area contributed by atoms with Gasteiger partial charge in [0.15, 0.2) is 0 Å². The molecule has 59 heavy (non-hydrogen) atoms. The van der Waals surface area contributed by atoms with Crippen molar-refractivity contribution < 1.29 is 9.22 Å². The van der Waals surface area contributed by atoms with Crippen LogP contribution in [0.15, 0.2) is 146 Å². The Hall–Kier alpha value is -6.26. The summed E-state index contributed by atoms with van der Waals surface area (Å²) < 4.78 is 28.8. The van der Waals surface area contributed by atoms with Gasteiger partial charge >= 0.3 is 0 Å². The Morgan fingerprint density at radius 1 is 0.508 bits per heavy atom. The molecule has 4 heteroatoms. The van der Waals surface area contributed by atoms with Crippen molar-refractivity contribution >= 4 is 11.0 Å². The van der Waals surface area contributed by atoms with E-state index in [4.69, 9.17) is 14.1 Å². The van der Waals surface area contributed by atoms with E-state index >= 15 is 0 Å². The lowest BCUT2D eigenvalue weighted by molar-refractivity contribution is 0.477. The number of phenols is 1. The molecule has 2 aromatic heterocycles. The number of nitrogens with zero attached hydrogens (tertiary/aromatic N) is 3. The molecule has 0 saturated heterocycles. The van der Waals surface area contributed by atoms with Gasteiger partial charge in [-0.25, -0.2) is 4.98 Å². The first-order valence-electron chi connectivity index (χ1n) is 22.0. The number of aromatic nitrogens is 3. The van der Waals surface area contributed by atoms with E-state index in [0.717, 1.165) is 55.7 Å². The molecule has 0 bridgehead atoms. The number of para-hydroxylation sites is 2. The van der Waals surface area contributed by atoms with Gasteiger partial charge in [-0.2, -0.15) is 0 Å². The molecule has 6 aromatic carbocycles. The molecule has 0 spiro atoms. The van der Waals surface area contributed by atoms with Crippen LogP contribution >= 0.6 is 0 Å². The number of imidazole rings is 1. The van der Waals surface area contributed by atoms with Crippen LogP contribution in [0.2, 0.25) is 0 Å². The van der Waals surface area contributed by atoms with Gasteiger partial charge in [-0.1, -0.05) is 147 Å². The van der Waals surface area contributed by atoms with Gasteiger partial charge in [0, 0.05) is 21.4 Å². The molecular formula is C55H55N3O. The Morgan fingerprint density at radius 3 is 1.80 bits per heavy atom. The Labute approximate surface area is 354 Å². The smallest absolute Gasteiger partial charge is 0.149 e. The van der Waals surface area contributed by atoms with E-state index in [0.29, 0.717) is 22.6 Å². The third-order valence-corrected chi connectivity index (χ3v) is 11.3. The second-order valence-corrected chi connectivity index (χ2v) is 18.8. The van der Waals surface area contributed by atoms with Crippen LogP contribution in [-0.2, 0) is 16.2 Å². The third-order valence-electron chi connectivity index (χ3n) is 11.3. The highest BCUT2D eigenvalue weighted by atomic mass is 16.3. The largest absolute Gasteiger partial charge is 0.507 e. The fourth-order valence-electron chi connectivity index (χ4n) is 7.75. The molecule has 4 nitrogen and oxygen atoms in total. The predicted octanol–water partition coefficient (Wildman–Crippen LogP) is 14.7. The van der Waals surface area contributed by atoms with Crippen molar-refractivity contribution in [1.29, 1.82) is 0 Å². The second kappa shape index (κ2) is 14.8. The van der Waals surface area contributed by atoms with Crippen molar-refractivity contribution in [2.24, 2.45) is 0 Å². The maximum absolute atomic E-state index is 11.4. The van der Waals surface area contributed by atoms with Gasteiger partial charge in [0.2, 0.25) is 0 Å². The first-order chi connectivity index (χ1) is 29.2. The maximum atomic E-state index is 11.4. The topological polar surface area (TPSA) is 50.9 Å². The molecule has 0 aliphatic heterocycles. The van der Waals surface area contributed by atoms with Crippen LogP contribution in [0.3, 0.4) is 0 Å². The Morgan fingerprint density at radius 2 is 1.12 bits per heavy atom. The minimum absolute atomic E-state index is 0.0488. The molecule has 8 rings (SSSR count). The Bertz CT molecular complexity index is 2930. The highest BCUT2D eigenvalue weighted by molar-refractivity contribution is 5.97. The molecule has 0 aliphatic rings. The molecule has 296 valence electrons. The normalized spacial score (nSPS) is 13.3. The number of hydrogen-bond donors (Lipinski definition) is 1. The number of aryl methyl sites for hydroxylation is 1. The van der Waals surface area contributed by atoms with Crippen LogP contribution in [0.4, 0.5) is 0 Å². The first-order valence-corrected chi connectivity index (χ1v) is 20.5. The molecule has 0 unspecified atom stereocenters. The lowest BCUT2D eigenvalue weighted by Crippen LogP contribution is -2.16. The van der Waals surface area contributed by atoms with Crippen LogP contribution in [0.1, 0.15) is 88.7 Å². The van der Waals surface area contributed by atoms with Crippen LogP contribution in [0.5, 0.6) is 5.75 Å². The fourth-order valence-corrected chi connectivity index (χ4v) is 7.75. The predicted molar refractivity (Wildman–Crippen MR) is 249 cm³/mol. The number of pyridine rings is 1. The molecule has 0 atom stereocenters. The monoisotopic (exact) mass is 776 g/mol. The number of fused-ring (bicyclic) bond motifs is 1. The molecule has 1 N–H and O–H groups in total. The maximum Gasteiger partial charge on any atom is 0.149 e. The molecule has 0 radical (unpaired) electrons. The van der Waals surface area contributed by atoms with E-state index in [1.54, 1.807) is 12.1 Å². The highest BCUT2D eigenvalue weighted by Crippen LogP contribution is 2.41. The summed E-state index contributed by atoms with van der Waals surface area (Å²) in [5, 5.41) is 11.4. The zero-order valence-electron chi connectivity index (χ0n) is 38.6. The number of aromatic hydroxyl groups is 1. The SMILES string of the molecule is [2H]C([2H])([2H])c1cc(-c2cc(C(C)(C)C)cc(C(C)(C)C)c2)ccc1-n1c(-c2ccccc2O)nc2c(-c3cc(-c4cc(-c5ccccc5)ccn4)cc(C(C)(C)C)c3)cccc21. The summed E-state index contributed by atoms with van der Waals surface area (Å²) in [7, 11) is 0. The van der Waals surface area contributed by atoms with E-state index in [-0.39, 0.29) is 27.6 Å². The minimum atomic E-state index is -2.48. The van der Waals surface area contributed by atoms with Gasteiger partial charge in [-0.05, 0) is 128 Å². The fraction of sp³-hybridized carbons (Fsp3) is 0.236. The standard InChI is InChI=1S/C55H55N3O/c1-35-27-37(39-29-43(54(5,6)7)34-44(30-39)55(8,9)10)23-24-48(35)58-49-21-16-20-45(51(49)57-52(58)46-19-14-15-22-50(46)59)40-28-41(32-42(31-40)53(2,3)4)47-33-38(25-26-56-47)36-17-12-11-13-18-36/h11-34,59H,1-10H3/i1D3. The lowest BCUT2D eigenvalue weighted by Gasteiger charge is -2.26. The summed E-state index contributed by atoms with van der Waals surface area (Å²) in [6, 6.07) is 46.6. The summed E-state index contributed by atoms with van der Waals surface area (Å²) >= 11 is 0. The van der Waals surface area contributed by atoms with Gasteiger partial charge in [-0.3, -0.25) is 9.55 Å². The summed E-state index contributed by atoms with van der Waals surface area (Å²) in [4.78, 5) is 10.2. The van der Waals surface area contributed by atoms with Gasteiger partial charge in [0.1, 0.15) is 11.6 Å². The van der Waals surface area contributed by atoms with Crippen molar-refractivity contribution in [2.75, 3.05) is 0 Å². The molecule has 0 amide bonds. The van der Waals surface area contributed by atoms with Gasteiger partial charge in [0.05, 0.1) is 28.0 Å². The number of rotatable bonds is 6. The third kappa shape index (κ3) is 7.84. The average molecular weight is 777 g/mol. The van der Waals surface area contributed by atoms with Crippen molar-refractivity contribution in [3.8, 4) is 67.5 Å². The lowest BCUT2D eigenvalue weighted by atomic mass is 9.79. The van der Waals surface area contributed by atoms with E-state index < -0.39 is 6.85 Å². The summed E-state index contributed by atoms with van der Waals surface area (Å²) in [5.74, 6) is 0.491. The highest BCUT2D eigenvalue weighted by Gasteiger charge is 2.24.